The fraction of sp³-hybridized carbons (Fsp3) is 0.571. The fourth-order valence-electron chi connectivity index (χ4n) is 2.41. The highest BCUT2D eigenvalue weighted by Gasteiger charge is 2.29. The number of hydrogen-bond donors (Lipinski definition) is 1. The molecule has 0 aliphatic carbocycles. The molecule has 0 atom stereocenters. The molecule has 0 unspecified atom stereocenters. The van der Waals surface area contributed by atoms with E-state index in [1.807, 2.05) is 6.08 Å². The summed E-state index contributed by atoms with van der Waals surface area (Å²) in [6.07, 6.45) is 2.63. The van der Waals surface area contributed by atoms with Crippen LogP contribution in [0.4, 0.5) is 0 Å². The minimum Gasteiger partial charge on any atom is -0.464 e. The van der Waals surface area contributed by atoms with Crippen LogP contribution in [0.25, 0.3) is 0 Å². The van der Waals surface area contributed by atoms with Crippen LogP contribution >= 0.6 is 0 Å². The molecule has 6 nitrogen and oxygen atoms in total. The minimum atomic E-state index is -3.50. The first-order chi connectivity index (χ1) is 9.98. The molecule has 1 aromatic rings. The van der Waals surface area contributed by atoms with Gasteiger partial charge in [0, 0.05) is 26.3 Å². The molecule has 1 aliphatic rings. The van der Waals surface area contributed by atoms with Crippen molar-refractivity contribution >= 4 is 10.0 Å². The number of rotatable bonds is 6. The van der Waals surface area contributed by atoms with E-state index in [2.05, 4.69) is 5.32 Å². The molecule has 1 aromatic heterocycles. The normalized spacial score (nSPS) is 17.0. The summed E-state index contributed by atoms with van der Waals surface area (Å²) in [5.41, 5.74) is 1.14. The maximum atomic E-state index is 12.7. The van der Waals surface area contributed by atoms with Crippen LogP contribution in [-0.4, -0.2) is 46.6 Å². The molecule has 0 bridgehead atoms. The highest BCUT2D eigenvalue weighted by atomic mass is 32.2. The molecule has 0 amide bonds. The maximum Gasteiger partial charge on any atom is 0.246 e. The SMILES string of the molecule is CNCc1cc(S(=O)(=O)N2CC=C(COC)CC2)c(C)o1. The van der Waals surface area contributed by atoms with Crippen LogP contribution in [0, 0.1) is 6.92 Å². The van der Waals surface area contributed by atoms with Crippen LogP contribution in [0.5, 0.6) is 0 Å². The van der Waals surface area contributed by atoms with Gasteiger partial charge in [0.1, 0.15) is 16.4 Å². The molecule has 0 radical (unpaired) electrons. The van der Waals surface area contributed by atoms with Crippen molar-refractivity contribution in [1.29, 1.82) is 0 Å². The number of nitrogens with one attached hydrogen (secondary N) is 1. The van der Waals surface area contributed by atoms with Crippen molar-refractivity contribution in [3.63, 3.8) is 0 Å². The first-order valence-corrected chi connectivity index (χ1v) is 8.34. The monoisotopic (exact) mass is 314 g/mol. The van der Waals surface area contributed by atoms with Crippen molar-refractivity contribution in [1.82, 2.24) is 9.62 Å². The standard InChI is InChI=1S/C14H22N2O4S/c1-11-14(8-13(20-11)9-15-2)21(17,18)16-6-4-12(5-7-16)10-19-3/h4,8,15H,5-7,9-10H2,1-3H3. The van der Waals surface area contributed by atoms with Gasteiger partial charge in [-0.15, -0.1) is 0 Å². The van der Waals surface area contributed by atoms with Gasteiger partial charge in [0.15, 0.2) is 0 Å². The zero-order chi connectivity index (χ0) is 15.5. The third-order valence-electron chi connectivity index (χ3n) is 3.49. The van der Waals surface area contributed by atoms with Gasteiger partial charge in [-0.1, -0.05) is 6.08 Å². The van der Waals surface area contributed by atoms with Crippen LogP contribution in [0.2, 0.25) is 0 Å². The van der Waals surface area contributed by atoms with Gasteiger partial charge >= 0.3 is 0 Å². The highest BCUT2D eigenvalue weighted by molar-refractivity contribution is 7.89. The molecule has 21 heavy (non-hydrogen) atoms. The second-order valence-electron chi connectivity index (χ2n) is 5.07. The molecule has 1 aliphatic heterocycles. The van der Waals surface area contributed by atoms with Gasteiger partial charge in [0.25, 0.3) is 0 Å². The molecular formula is C14H22N2O4S. The quantitative estimate of drug-likeness (QED) is 0.801. The maximum absolute atomic E-state index is 12.7. The van der Waals surface area contributed by atoms with Crippen LogP contribution in [0.1, 0.15) is 17.9 Å². The number of sulfonamides is 1. The molecule has 0 saturated heterocycles. The van der Waals surface area contributed by atoms with Gasteiger partial charge in [-0.3, -0.25) is 0 Å². The Bertz CT molecular complexity index is 619. The Labute approximate surface area is 125 Å². The molecule has 1 N–H and O–H groups in total. The Morgan fingerprint density at radius 2 is 2.24 bits per heavy atom. The number of ether oxygens (including phenoxy) is 1. The second kappa shape index (κ2) is 6.74. The van der Waals surface area contributed by atoms with Crippen molar-refractivity contribution in [2.45, 2.75) is 24.8 Å². The highest BCUT2D eigenvalue weighted by Crippen LogP contribution is 2.26. The molecular weight excluding hydrogens is 292 g/mol. The predicted octanol–water partition coefficient (Wildman–Crippen LogP) is 1.27. The van der Waals surface area contributed by atoms with E-state index < -0.39 is 10.0 Å². The Morgan fingerprint density at radius 1 is 1.48 bits per heavy atom. The first kappa shape index (κ1) is 16.2. The lowest BCUT2D eigenvalue weighted by Crippen LogP contribution is -2.35. The van der Waals surface area contributed by atoms with Crippen LogP contribution in [0.3, 0.4) is 0 Å². The van der Waals surface area contributed by atoms with Crippen molar-refractivity contribution in [2.75, 3.05) is 33.9 Å². The Morgan fingerprint density at radius 3 is 2.81 bits per heavy atom. The van der Waals surface area contributed by atoms with Gasteiger partial charge in [-0.2, -0.15) is 4.31 Å². The van der Waals surface area contributed by atoms with Crippen LogP contribution < -0.4 is 5.32 Å². The van der Waals surface area contributed by atoms with E-state index in [-0.39, 0.29) is 4.90 Å². The lowest BCUT2D eigenvalue weighted by Gasteiger charge is -2.25. The van der Waals surface area contributed by atoms with Crippen molar-refractivity contribution in [3.8, 4) is 0 Å². The van der Waals surface area contributed by atoms with E-state index >= 15 is 0 Å². The first-order valence-electron chi connectivity index (χ1n) is 6.90. The molecule has 0 aromatic carbocycles. The lowest BCUT2D eigenvalue weighted by molar-refractivity contribution is 0.219. The summed E-state index contributed by atoms with van der Waals surface area (Å²) in [7, 11) is -0.0707. The predicted molar refractivity (Wildman–Crippen MR) is 79.5 cm³/mol. The van der Waals surface area contributed by atoms with E-state index in [0.717, 1.165) is 5.57 Å². The van der Waals surface area contributed by atoms with E-state index in [0.29, 0.717) is 44.2 Å². The van der Waals surface area contributed by atoms with Gasteiger partial charge in [0.2, 0.25) is 10.0 Å². The van der Waals surface area contributed by atoms with Gasteiger partial charge < -0.3 is 14.5 Å². The van der Waals surface area contributed by atoms with E-state index in [4.69, 9.17) is 9.15 Å². The van der Waals surface area contributed by atoms with Crippen molar-refractivity contribution < 1.29 is 17.6 Å². The molecule has 118 valence electrons. The Balaban J connectivity index is 2.19. The number of aryl methyl sites for hydroxylation is 1. The largest absolute Gasteiger partial charge is 0.464 e. The molecule has 2 heterocycles. The molecule has 2 rings (SSSR count). The lowest BCUT2D eigenvalue weighted by atomic mass is 10.1. The summed E-state index contributed by atoms with van der Waals surface area (Å²) in [5.74, 6) is 1.06. The number of methoxy groups -OCH3 is 1. The molecule has 0 fully saturated rings. The van der Waals surface area contributed by atoms with Crippen molar-refractivity contribution in [3.05, 3.63) is 29.2 Å². The second-order valence-corrected chi connectivity index (χ2v) is 6.98. The minimum absolute atomic E-state index is 0.261. The zero-order valence-electron chi connectivity index (χ0n) is 12.7. The van der Waals surface area contributed by atoms with Crippen LogP contribution in [0.15, 0.2) is 27.0 Å². The Hall–Kier alpha value is -1.15. The van der Waals surface area contributed by atoms with Gasteiger partial charge in [-0.05, 0) is 26.0 Å². The third-order valence-corrected chi connectivity index (χ3v) is 5.46. The van der Waals surface area contributed by atoms with Crippen LogP contribution in [-0.2, 0) is 21.3 Å². The van der Waals surface area contributed by atoms with Gasteiger partial charge in [-0.25, -0.2) is 8.42 Å². The summed E-state index contributed by atoms with van der Waals surface area (Å²) in [5, 5.41) is 2.95. The summed E-state index contributed by atoms with van der Waals surface area (Å²) in [4.78, 5) is 0.261. The average molecular weight is 314 g/mol. The number of nitrogens with zero attached hydrogens (tertiary/aromatic N) is 1. The van der Waals surface area contributed by atoms with Gasteiger partial charge in [0.05, 0.1) is 13.2 Å². The zero-order valence-corrected chi connectivity index (χ0v) is 13.5. The summed E-state index contributed by atoms with van der Waals surface area (Å²) < 4.78 is 37.4. The summed E-state index contributed by atoms with van der Waals surface area (Å²) in [6, 6.07) is 1.61. The molecule has 0 saturated carbocycles. The number of furan rings is 1. The Kier molecular flexibility index (Phi) is 5.21. The average Bonchev–Trinajstić information content (AvgIpc) is 2.82. The third kappa shape index (κ3) is 3.55. The number of hydrogen-bond acceptors (Lipinski definition) is 5. The topological polar surface area (TPSA) is 71.8 Å². The van der Waals surface area contributed by atoms with Crippen molar-refractivity contribution in [2.24, 2.45) is 0 Å². The fourth-order valence-corrected chi connectivity index (χ4v) is 3.97. The summed E-state index contributed by atoms with van der Waals surface area (Å²) in [6.45, 7) is 3.61. The molecule has 0 spiro atoms. The smallest absolute Gasteiger partial charge is 0.246 e. The van der Waals surface area contributed by atoms with E-state index in [1.54, 1.807) is 27.1 Å². The molecule has 7 heteroatoms. The van der Waals surface area contributed by atoms with E-state index in [9.17, 15) is 8.42 Å². The van der Waals surface area contributed by atoms with E-state index in [1.165, 1.54) is 4.31 Å². The summed E-state index contributed by atoms with van der Waals surface area (Å²) >= 11 is 0.